The Hall–Kier alpha value is -2.28. The number of para-hydroxylation sites is 1. The summed E-state index contributed by atoms with van der Waals surface area (Å²) in [6.45, 7) is 1.24. The maximum absolute atomic E-state index is 13.9. The van der Waals surface area contributed by atoms with E-state index in [2.05, 4.69) is 0 Å². The molecule has 0 unspecified atom stereocenters. The normalized spacial score (nSPS) is 27.4. The highest BCUT2D eigenvalue weighted by atomic mass is 19.1. The maximum atomic E-state index is 13.9. The van der Waals surface area contributed by atoms with Crippen LogP contribution in [0.1, 0.15) is 19.3 Å². The van der Waals surface area contributed by atoms with Crippen LogP contribution in [-0.4, -0.2) is 44.0 Å². The van der Waals surface area contributed by atoms with Gasteiger partial charge in [-0.3, -0.25) is 14.4 Å². The van der Waals surface area contributed by atoms with Gasteiger partial charge < -0.3 is 9.64 Å². The lowest BCUT2D eigenvalue weighted by atomic mass is 9.95. The summed E-state index contributed by atoms with van der Waals surface area (Å²) in [6.07, 6.45) is 1.32. The first-order valence-electron chi connectivity index (χ1n) is 8.06. The SMILES string of the molecule is COC(=O)C1CC[NH+]([C@@H]2CC(=O)N(c3ccccc3F)C2=O)CC1. The van der Waals surface area contributed by atoms with Crippen molar-refractivity contribution in [3.8, 4) is 0 Å². The number of esters is 1. The van der Waals surface area contributed by atoms with E-state index in [0.717, 1.165) is 9.80 Å². The van der Waals surface area contributed by atoms with Gasteiger partial charge in [0.25, 0.3) is 5.91 Å². The second kappa shape index (κ2) is 6.68. The van der Waals surface area contributed by atoms with Gasteiger partial charge in [-0.15, -0.1) is 0 Å². The van der Waals surface area contributed by atoms with Crippen molar-refractivity contribution >= 4 is 23.5 Å². The van der Waals surface area contributed by atoms with Crippen LogP contribution in [0.15, 0.2) is 24.3 Å². The zero-order valence-electron chi connectivity index (χ0n) is 13.5. The van der Waals surface area contributed by atoms with Gasteiger partial charge in [-0.1, -0.05) is 12.1 Å². The summed E-state index contributed by atoms with van der Waals surface area (Å²) in [7, 11) is 1.37. The van der Waals surface area contributed by atoms with Crippen LogP contribution in [0.5, 0.6) is 0 Å². The molecular formula is C17H20FN2O4+. The minimum Gasteiger partial charge on any atom is -0.469 e. The minimum absolute atomic E-state index is 0.0128. The second-order valence-electron chi connectivity index (χ2n) is 6.23. The molecule has 2 heterocycles. The number of quaternary nitrogens is 1. The molecule has 128 valence electrons. The van der Waals surface area contributed by atoms with E-state index in [0.29, 0.717) is 25.9 Å². The number of halogens is 1. The fourth-order valence-corrected chi connectivity index (χ4v) is 3.58. The lowest BCUT2D eigenvalue weighted by molar-refractivity contribution is -0.920. The molecule has 1 aromatic carbocycles. The molecule has 0 bridgehead atoms. The Morgan fingerprint density at radius 2 is 1.92 bits per heavy atom. The predicted octanol–water partition coefficient (Wildman–Crippen LogP) is -0.0745. The first kappa shape index (κ1) is 16.6. The molecule has 0 spiro atoms. The quantitative estimate of drug-likeness (QED) is 0.620. The molecule has 2 saturated heterocycles. The topological polar surface area (TPSA) is 68.1 Å². The summed E-state index contributed by atoms with van der Waals surface area (Å²) >= 11 is 0. The number of piperidine rings is 1. The Labute approximate surface area is 139 Å². The van der Waals surface area contributed by atoms with E-state index in [9.17, 15) is 18.8 Å². The number of nitrogens with zero attached hydrogens (tertiary/aromatic N) is 1. The lowest BCUT2D eigenvalue weighted by Crippen LogP contribution is -3.17. The van der Waals surface area contributed by atoms with Crippen LogP contribution in [0.4, 0.5) is 10.1 Å². The molecule has 0 aliphatic carbocycles. The molecule has 0 radical (unpaired) electrons. The Bertz CT molecular complexity index is 670. The molecule has 6 nitrogen and oxygen atoms in total. The number of carbonyl (C=O) groups excluding carboxylic acids is 3. The van der Waals surface area contributed by atoms with Gasteiger partial charge in [-0.25, -0.2) is 9.29 Å². The monoisotopic (exact) mass is 335 g/mol. The summed E-state index contributed by atoms with van der Waals surface area (Å²) < 4.78 is 18.7. The molecule has 2 aliphatic rings. The molecule has 0 aromatic heterocycles. The van der Waals surface area contributed by atoms with E-state index in [-0.39, 0.29) is 35.8 Å². The number of imide groups is 1. The molecule has 2 aliphatic heterocycles. The van der Waals surface area contributed by atoms with Crippen molar-refractivity contribution < 1.29 is 28.4 Å². The fourth-order valence-electron chi connectivity index (χ4n) is 3.58. The van der Waals surface area contributed by atoms with Gasteiger partial charge in [0.15, 0.2) is 6.04 Å². The Kier molecular flexibility index (Phi) is 4.62. The smallest absolute Gasteiger partial charge is 0.309 e. The molecule has 24 heavy (non-hydrogen) atoms. The van der Waals surface area contributed by atoms with Crippen LogP contribution in [0.3, 0.4) is 0 Å². The highest BCUT2D eigenvalue weighted by Gasteiger charge is 2.47. The third-order valence-corrected chi connectivity index (χ3v) is 4.90. The average molecular weight is 335 g/mol. The van der Waals surface area contributed by atoms with Crippen LogP contribution in [0.2, 0.25) is 0 Å². The summed E-state index contributed by atoms with van der Waals surface area (Å²) in [5, 5.41) is 0. The number of hydrogen-bond donors (Lipinski definition) is 1. The number of hydrogen-bond acceptors (Lipinski definition) is 4. The largest absolute Gasteiger partial charge is 0.469 e. The van der Waals surface area contributed by atoms with E-state index in [4.69, 9.17) is 4.74 Å². The number of carbonyl (C=O) groups is 3. The molecule has 7 heteroatoms. The molecule has 1 atom stereocenters. The van der Waals surface area contributed by atoms with E-state index >= 15 is 0 Å². The predicted molar refractivity (Wildman–Crippen MR) is 82.7 cm³/mol. The zero-order chi connectivity index (χ0) is 17.3. The minimum atomic E-state index is -0.584. The van der Waals surface area contributed by atoms with E-state index in [1.807, 2.05) is 0 Å². The summed E-state index contributed by atoms with van der Waals surface area (Å²) in [6, 6.07) is 5.28. The van der Waals surface area contributed by atoms with E-state index in [1.54, 1.807) is 6.07 Å². The van der Waals surface area contributed by atoms with Crippen molar-refractivity contribution in [3.63, 3.8) is 0 Å². The number of likely N-dealkylation sites (tertiary alicyclic amines) is 1. The number of anilines is 1. The summed E-state index contributed by atoms with van der Waals surface area (Å²) in [4.78, 5) is 38.4. The molecule has 2 fully saturated rings. The fraction of sp³-hybridized carbons (Fsp3) is 0.471. The van der Waals surface area contributed by atoms with Crippen molar-refractivity contribution in [3.05, 3.63) is 30.1 Å². The second-order valence-corrected chi connectivity index (χ2v) is 6.23. The Morgan fingerprint density at radius 1 is 1.25 bits per heavy atom. The van der Waals surface area contributed by atoms with Crippen molar-refractivity contribution in [2.45, 2.75) is 25.3 Å². The van der Waals surface area contributed by atoms with Gasteiger partial charge >= 0.3 is 5.97 Å². The highest BCUT2D eigenvalue weighted by molar-refractivity contribution is 6.21. The van der Waals surface area contributed by atoms with Crippen molar-refractivity contribution in [1.29, 1.82) is 0 Å². The molecule has 2 amide bonds. The van der Waals surface area contributed by atoms with E-state index in [1.165, 1.54) is 25.3 Å². The number of methoxy groups -OCH3 is 1. The Morgan fingerprint density at radius 3 is 2.54 bits per heavy atom. The first-order chi connectivity index (χ1) is 11.5. The van der Waals surface area contributed by atoms with Gasteiger partial charge in [0, 0.05) is 12.8 Å². The van der Waals surface area contributed by atoms with Crippen molar-refractivity contribution in [1.82, 2.24) is 0 Å². The van der Waals surface area contributed by atoms with Crippen molar-refractivity contribution in [2.24, 2.45) is 5.92 Å². The number of ether oxygens (including phenoxy) is 1. The summed E-state index contributed by atoms with van der Waals surface area (Å²) in [5.74, 6) is -1.70. The molecule has 0 saturated carbocycles. The Balaban J connectivity index is 1.71. The van der Waals surface area contributed by atoms with Gasteiger partial charge in [0.2, 0.25) is 5.91 Å². The van der Waals surface area contributed by atoms with Crippen LogP contribution in [0, 0.1) is 11.7 Å². The standard InChI is InChI=1S/C17H19FN2O4/c1-24-17(23)11-6-8-19(9-7-11)14-10-15(21)20(16(14)22)13-5-3-2-4-12(13)18/h2-5,11,14H,6-10H2,1H3/p+1/t14-/m1/s1. The molecular weight excluding hydrogens is 315 g/mol. The van der Waals surface area contributed by atoms with Gasteiger partial charge in [-0.2, -0.15) is 0 Å². The first-order valence-corrected chi connectivity index (χ1v) is 8.06. The third-order valence-electron chi connectivity index (χ3n) is 4.90. The van der Waals surface area contributed by atoms with Crippen LogP contribution >= 0.6 is 0 Å². The number of rotatable bonds is 3. The third kappa shape index (κ3) is 2.91. The number of benzene rings is 1. The highest BCUT2D eigenvalue weighted by Crippen LogP contribution is 2.25. The molecule has 1 N–H and O–H groups in total. The van der Waals surface area contributed by atoms with Crippen LogP contribution < -0.4 is 9.80 Å². The lowest BCUT2D eigenvalue weighted by Gasteiger charge is -2.30. The maximum Gasteiger partial charge on any atom is 0.309 e. The van der Waals surface area contributed by atoms with Gasteiger partial charge in [-0.05, 0) is 12.1 Å². The molecule has 3 rings (SSSR count). The zero-order valence-corrected chi connectivity index (χ0v) is 13.5. The van der Waals surface area contributed by atoms with Gasteiger partial charge in [0.1, 0.15) is 5.82 Å². The summed E-state index contributed by atoms with van der Waals surface area (Å²) in [5.41, 5.74) is 0.0128. The number of nitrogens with one attached hydrogen (secondary N) is 1. The van der Waals surface area contributed by atoms with E-state index < -0.39 is 11.9 Å². The number of amides is 2. The van der Waals surface area contributed by atoms with Crippen LogP contribution in [0.25, 0.3) is 0 Å². The van der Waals surface area contributed by atoms with Gasteiger partial charge in [0.05, 0.1) is 38.2 Å². The van der Waals surface area contributed by atoms with Crippen molar-refractivity contribution in [2.75, 3.05) is 25.1 Å². The van der Waals surface area contributed by atoms with Crippen LogP contribution in [-0.2, 0) is 19.1 Å². The average Bonchev–Trinajstić information content (AvgIpc) is 2.89. The molecule has 1 aromatic rings.